The van der Waals surface area contributed by atoms with E-state index < -0.39 is 11.7 Å². The number of hydrogen-bond acceptors (Lipinski definition) is 4. The van der Waals surface area contributed by atoms with Crippen molar-refractivity contribution in [2.75, 3.05) is 6.54 Å². The molecule has 2 aromatic carbocycles. The van der Waals surface area contributed by atoms with Crippen molar-refractivity contribution in [2.45, 2.75) is 25.7 Å². The Bertz CT molecular complexity index is 1280. The highest BCUT2D eigenvalue weighted by Crippen LogP contribution is 2.31. The van der Waals surface area contributed by atoms with Crippen LogP contribution in [0.1, 0.15) is 21.7 Å². The SMILES string of the molecule is O=c1[nH]c(-c2ccc(C(F)(F)F)cc2)nc2c1CN(Cc1cc3ccccc3s1)CC2. The molecule has 0 atom stereocenters. The molecule has 1 aliphatic heterocycles. The molecule has 2 aromatic heterocycles. The third kappa shape index (κ3) is 4.00. The van der Waals surface area contributed by atoms with E-state index in [2.05, 4.69) is 33.1 Å². The third-order valence-electron chi connectivity index (χ3n) is 5.49. The van der Waals surface area contributed by atoms with Crippen molar-refractivity contribution in [3.63, 3.8) is 0 Å². The van der Waals surface area contributed by atoms with Gasteiger partial charge in [0.15, 0.2) is 0 Å². The number of benzene rings is 2. The summed E-state index contributed by atoms with van der Waals surface area (Å²) >= 11 is 1.76. The summed E-state index contributed by atoms with van der Waals surface area (Å²) in [6.07, 6.45) is -3.77. The summed E-state index contributed by atoms with van der Waals surface area (Å²) in [5.74, 6) is 0.301. The van der Waals surface area contributed by atoms with E-state index in [0.717, 1.165) is 25.2 Å². The van der Waals surface area contributed by atoms with Gasteiger partial charge in [0.2, 0.25) is 0 Å². The van der Waals surface area contributed by atoms with Gasteiger partial charge in [-0.15, -0.1) is 11.3 Å². The van der Waals surface area contributed by atoms with Gasteiger partial charge in [-0.3, -0.25) is 9.69 Å². The Hall–Kier alpha value is -2.97. The summed E-state index contributed by atoms with van der Waals surface area (Å²) in [5, 5.41) is 1.22. The van der Waals surface area contributed by atoms with E-state index in [0.29, 0.717) is 35.6 Å². The lowest BCUT2D eigenvalue weighted by Gasteiger charge is -2.27. The summed E-state index contributed by atoms with van der Waals surface area (Å²) < 4.78 is 39.6. The Morgan fingerprint density at radius 2 is 1.87 bits per heavy atom. The number of hydrogen-bond donors (Lipinski definition) is 1. The molecule has 3 heterocycles. The third-order valence-corrected chi connectivity index (χ3v) is 6.59. The molecule has 31 heavy (non-hydrogen) atoms. The monoisotopic (exact) mass is 441 g/mol. The van der Waals surface area contributed by atoms with Gasteiger partial charge in [0.25, 0.3) is 5.56 Å². The van der Waals surface area contributed by atoms with Crippen LogP contribution in [0, 0.1) is 0 Å². The second-order valence-corrected chi connectivity index (χ2v) is 8.79. The quantitative estimate of drug-likeness (QED) is 0.474. The summed E-state index contributed by atoms with van der Waals surface area (Å²) in [6.45, 7) is 2.03. The average molecular weight is 441 g/mol. The van der Waals surface area contributed by atoms with Crippen LogP contribution in [0.5, 0.6) is 0 Å². The molecule has 4 aromatic rings. The fraction of sp³-hybridized carbons (Fsp3) is 0.217. The van der Waals surface area contributed by atoms with E-state index in [9.17, 15) is 18.0 Å². The van der Waals surface area contributed by atoms with Gasteiger partial charge in [0, 0.05) is 41.2 Å². The number of fused-ring (bicyclic) bond motifs is 2. The van der Waals surface area contributed by atoms with Crippen LogP contribution in [0.4, 0.5) is 13.2 Å². The highest BCUT2D eigenvalue weighted by atomic mass is 32.1. The van der Waals surface area contributed by atoms with Crippen LogP contribution in [-0.2, 0) is 25.7 Å². The normalized spacial score (nSPS) is 14.7. The number of thiophene rings is 1. The largest absolute Gasteiger partial charge is 0.416 e. The number of aromatic amines is 1. The topological polar surface area (TPSA) is 49.0 Å². The molecule has 0 aliphatic carbocycles. The van der Waals surface area contributed by atoms with E-state index in [1.165, 1.54) is 27.1 Å². The van der Waals surface area contributed by atoms with Gasteiger partial charge in [-0.1, -0.05) is 30.3 Å². The van der Waals surface area contributed by atoms with Crippen LogP contribution in [0.25, 0.3) is 21.5 Å². The average Bonchev–Trinajstić information content (AvgIpc) is 3.16. The van der Waals surface area contributed by atoms with Crippen molar-refractivity contribution in [1.29, 1.82) is 0 Å². The van der Waals surface area contributed by atoms with Crippen molar-refractivity contribution in [2.24, 2.45) is 0 Å². The number of H-pyrrole nitrogens is 1. The number of nitrogens with one attached hydrogen (secondary N) is 1. The highest BCUT2D eigenvalue weighted by Gasteiger charge is 2.30. The van der Waals surface area contributed by atoms with E-state index in [4.69, 9.17) is 0 Å². The second-order valence-electron chi connectivity index (χ2n) is 7.63. The van der Waals surface area contributed by atoms with Crippen LogP contribution >= 0.6 is 11.3 Å². The molecular weight excluding hydrogens is 423 g/mol. The zero-order valence-corrected chi connectivity index (χ0v) is 17.2. The summed E-state index contributed by atoms with van der Waals surface area (Å²) in [5.41, 5.74) is 0.837. The first-order chi connectivity index (χ1) is 14.9. The van der Waals surface area contributed by atoms with Crippen molar-refractivity contribution in [1.82, 2.24) is 14.9 Å². The van der Waals surface area contributed by atoms with E-state index in [-0.39, 0.29) is 5.56 Å². The van der Waals surface area contributed by atoms with Gasteiger partial charge in [-0.25, -0.2) is 4.98 Å². The van der Waals surface area contributed by atoms with Gasteiger partial charge < -0.3 is 4.98 Å². The molecule has 1 N–H and O–H groups in total. The molecule has 0 unspecified atom stereocenters. The molecule has 0 saturated carbocycles. The highest BCUT2D eigenvalue weighted by molar-refractivity contribution is 7.19. The Labute approximate surface area is 180 Å². The molecule has 0 fully saturated rings. The smallest absolute Gasteiger partial charge is 0.306 e. The van der Waals surface area contributed by atoms with Crippen molar-refractivity contribution < 1.29 is 13.2 Å². The predicted octanol–water partition coefficient (Wildman–Crippen LogP) is 5.23. The zero-order chi connectivity index (χ0) is 21.6. The zero-order valence-electron chi connectivity index (χ0n) is 16.4. The summed E-state index contributed by atoms with van der Waals surface area (Å²) in [6, 6.07) is 15.1. The Morgan fingerprint density at radius 1 is 1.10 bits per heavy atom. The van der Waals surface area contributed by atoms with Crippen LogP contribution in [0.2, 0.25) is 0 Å². The van der Waals surface area contributed by atoms with Crippen molar-refractivity contribution in [3.05, 3.63) is 86.6 Å². The molecular formula is C23H18F3N3OS. The molecule has 5 rings (SSSR count). The fourth-order valence-corrected chi connectivity index (χ4v) is 5.01. The number of rotatable bonds is 3. The molecule has 1 aliphatic rings. The van der Waals surface area contributed by atoms with Crippen molar-refractivity contribution in [3.8, 4) is 11.4 Å². The lowest BCUT2D eigenvalue weighted by atomic mass is 10.1. The van der Waals surface area contributed by atoms with E-state index >= 15 is 0 Å². The summed E-state index contributed by atoms with van der Waals surface area (Å²) in [7, 11) is 0. The molecule has 0 radical (unpaired) electrons. The Morgan fingerprint density at radius 3 is 2.61 bits per heavy atom. The van der Waals surface area contributed by atoms with Gasteiger partial charge >= 0.3 is 6.18 Å². The van der Waals surface area contributed by atoms with E-state index in [1.807, 2.05) is 12.1 Å². The van der Waals surface area contributed by atoms with Crippen LogP contribution in [0.15, 0.2) is 59.4 Å². The fourth-order valence-electron chi connectivity index (χ4n) is 3.90. The maximum atomic E-state index is 12.8. The number of aromatic nitrogens is 2. The second kappa shape index (κ2) is 7.62. The minimum Gasteiger partial charge on any atom is -0.306 e. The molecule has 0 bridgehead atoms. The van der Waals surface area contributed by atoms with Crippen LogP contribution in [0.3, 0.4) is 0 Å². The standard InChI is InChI=1S/C23H18F3N3OS/c24-23(25,26)16-7-5-14(6-8-16)21-27-19-9-10-29(13-18(19)22(30)28-21)12-17-11-15-3-1-2-4-20(15)31-17/h1-8,11H,9-10,12-13H2,(H,27,28,30). The molecule has 0 spiro atoms. The predicted molar refractivity (Wildman–Crippen MR) is 115 cm³/mol. The van der Waals surface area contributed by atoms with Gasteiger partial charge in [-0.05, 0) is 29.7 Å². The molecule has 8 heteroatoms. The first-order valence-electron chi connectivity index (χ1n) is 9.86. The van der Waals surface area contributed by atoms with Gasteiger partial charge in [-0.2, -0.15) is 13.2 Å². The maximum absolute atomic E-state index is 12.8. The van der Waals surface area contributed by atoms with Crippen molar-refractivity contribution >= 4 is 21.4 Å². The van der Waals surface area contributed by atoms with Crippen LogP contribution in [-0.4, -0.2) is 21.4 Å². The Kier molecular flexibility index (Phi) is 4.91. The van der Waals surface area contributed by atoms with Gasteiger partial charge in [0.1, 0.15) is 5.82 Å². The molecule has 0 amide bonds. The Balaban J connectivity index is 1.37. The van der Waals surface area contributed by atoms with Crippen LogP contribution < -0.4 is 5.56 Å². The molecule has 158 valence electrons. The first-order valence-corrected chi connectivity index (χ1v) is 10.7. The number of halogens is 3. The number of nitrogens with zero attached hydrogens (tertiary/aromatic N) is 2. The number of alkyl halides is 3. The summed E-state index contributed by atoms with van der Waals surface area (Å²) in [4.78, 5) is 23.5. The van der Waals surface area contributed by atoms with E-state index in [1.54, 1.807) is 11.3 Å². The minimum atomic E-state index is -4.40. The minimum absolute atomic E-state index is 0.235. The molecule has 0 saturated heterocycles. The van der Waals surface area contributed by atoms with Gasteiger partial charge in [0.05, 0.1) is 16.8 Å². The first kappa shape index (κ1) is 20.0. The lowest BCUT2D eigenvalue weighted by Crippen LogP contribution is -2.35. The lowest BCUT2D eigenvalue weighted by molar-refractivity contribution is -0.137. The molecule has 4 nitrogen and oxygen atoms in total. The maximum Gasteiger partial charge on any atom is 0.416 e.